The van der Waals surface area contributed by atoms with Crippen molar-refractivity contribution in [3.8, 4) is 5.75 Å². The predicted octanol–water partition coefficient (Wildman–Crippen LogP) is 4.74. The highest BCUT2D eigenvalue weighted by Gasteiger charge is 2.39. The van der Waals surface area contributed by atoms with Crippen LogP contribution in [0.1, 0.15) is 22.0 Å². The van der Waals surface area contributed by atoms with Crippen LogP contribution in [0.4, 0.5) is 0 Å². The van der Waals surface area contributed by atoms with Gasteiger partial charge in [-0.2, -0.15) is 0 Å². The molecule has 2 amide bonds. The molecule has 1 unspecified atom stereocenters. The van der Waals surface area contributed by atoms with Crippen LogP contribution in [0.3, 0.4) is 0 Å². The third kappa shape index (κ3) is 4.08. The van der Waals surface area contributed by atoms with E-state index in [2.05, 4.69) is 16.0 Å². The van der Waals surface area contributed by atoms with Crippen molar-refractivity contribution in [2.75, 3.05) is 12.9 Å². The molecule has 0 fully saturated rings. The summed E-state index contributed by atoms with van der Waals surface area (Å²) < 4.78 is 7.54. The summed E-state index contributed by atoms with van der Waals surface area (Å²) in [5, 5.41) is 7.04. The number of ether oxygens (including phenoxy) is 1. The second-order valence-electron chi connectivity index (χ2n) is 8.12. The monoisotopic (exact) mass is 491 g/mol. The molecule has 2 aromatic carbocycles. The molecule has 1 atom stereocenters. The Kier molecular flexibility index (Phi) is 6.34. The third-order valence-electron chi connectivity index (χ3n) is 6.13. The molecular formula is C26H25N3O3S2. The fraction of sp³-hybridized carbons (Fsp3) is 0.231. The fourth-order valence-electron chi connectivity index (χ4n) is 4.50. The van der Waals surface area contributed by atoms with E-state index in [1.54, 1.807) is 23.3 Å². The maximum atomic E-state index is 13.9. The van der Waals surface area contributed by atoms with Gasteiger partial charge in [0.2, 0.25) is 11.8 Å². The van der Waals surface area contributed by atoms with Crippen molar-refractivity contribution in [3.05, 3.63) is 82.0 Å². The minimum absolute atomic E-state index is 0.0453. The minimum atomic E-state index is -0.736. The molecule has 0 bridgehead atoms. The lowest BCUT2D eigenvalue weighted by Gasteiger charge is -2.29. The molecule has 0 radical (unpaired) electrons. The average molecular weight is 492 g/mol. The number of benzene rings is 2. The molecule has 174 valence electrons. The number of amides is 2. The summed E-state index contributed by atoms with van der Waals surface area (Å²) in [6, 6.07) is 18.9. The maximum Gasteiger partial charge on any atom is 0.247 e. The number of methoxy groups -OCH3 is 1. The lowest BCUT2D eigenvalue weighted by Crippen LogP contribution is -2.43. The second-order valence-corrected chi connectivity index (χ2v) is 10.1. The van der Waals surface area contributed by atoms with Crippen LogP contribution in [0.2, 0.25) is 0 Å². The molecule has 0 aliphatic carbocycles. The number of thioether (sulfide) groups is 1. The van der Waals surface area contributed by atoms with Gasteiger partial charge in [0, 0.05) is 40.5 Å². The molecule has 5 rings (SSSR count). The molecule has 4 aromatic rings. The van der Waals surface area contributed by atoms with Crippen molar-refractivity contribution in [2.24, 2.45) is 7.05 Å². The van der Waals surface area contributed by atoms with Crippen LogP contribution in [-0.4, -0.2) is 34.1 Å². The number of carbonyl (C=O) groups is 2. The topological polar surface area (TPSA) is 63.6 Å². The van der Waals surface area contributed by atoms with Gasteiger partial charge in [0.15, 0.2) is 0 Å². The summed E-state index contributed by atoms with van der Waals surface area (Å²) in [6.45, 7) is 0.708. The Morgan fingerprint density at radius 2 is 1.91 bits per heavy atom. The molecule has 1 N–H and O–H groups in total. The molecule has 6 nitrogen and oxygen atoms in total. The van der Waals surface area contributed by atoms with Crippen molar-refractivity contribution in [2.45, 2.75) is 24.2 Å². The summed E-state index contributed by atoms with van der Waals surface area (Å²) in [7, 11) is 3.62. The van der Waals surface area contributed by atoms with E-state index < -0.39 is 6.04 Å². The van der Waals surface area contributed by atoms with Gasteiger partial charge >= 0.3 is 0 Å². The van der Waals surface area contributed by atoms with Crippen LogP contribution < -0.4 is 10.1 Å². The molecule has 3 heterocycles. The molecule has 8 heteroatoms. The number of hydrogen-bond donors (Lipinski definition) is 1. The molecule has 2 aromatic heterocycles. The molecule has 0 saturated heterocycles. The molecule has 0 spiro atoms. The SMILES string of the molecule is COc1ccccc1CNC(=O)C1c2c(n(C)c3ccccc23)SCC(=O)N1Cc1cccs1. The lowest BCUT2D eigenvalue weighted by atomic mass is 10.0. The quantitative estimate of drug-likeness (QED) is 0.423. The summed E-state index contributed by atoms with van der Waals surface area (Å²) in [5.74, 6) is 0.766. The number of rotatable bonds is 6. The van der Waals surface area contributed by atoms with Crippen molar-refractivity contribution in [1.29, 1.82) is 0 Å². The fourth-order valence-corrected chi connectivity index (χ4v) is 6.30. The number of para-hydroxylation sites is 2. The van der Waals surface area contributed by atoms with Crippen molar-refractivity contribution in [3.63, 3.8) is 0 Å². The number of nitrogens with one attached hydrogen (secondary N) is 1. The predicted molar refractivity (Wildman–Crippen MR) is 136 cm³/mol. The van der Waals surface area contributed by atoms with E-state index in [1.807, 2.05) is 67.0 Å². The zero-order chi connectivity index (χ0) is 23.7. The van der Waals surface area contributed by atoms with Gasteiger partial charge in [-0.1, -0.05) is 54.2 Å². The highest BCUT2D eigenvalue weighted by Crippen LogP contribution is 2.42. The molecule has 1 aliphatic rings. The van der Waals surface area contributed by atoms with Gasteiger partial charge in [-0.05, 0) is 23.6 Å². The van der Waals surface area contributed by atoms with Crippen LogP contribution in [0.5, 0.6) is 5.75 Å². The van der Waals surface area contributed by atoms with E-state index in [-0.39, 0.29) is 11.8 Å². The van der Waals surface area contributed by atoms with Gasteiger partial charge < -0.3 is 19.5 Å². The van der Waals surface area contributed by atoms with E-state index in [4.69, 9.17) is 4.74 Å². The summed E-state index contributed by atoms with van der Waals surface area (Å²) in [4.78, 5) is 30.0. The van der Waals surface area contributed by atoms with Gasteiger partial charge in [0.1, 0.15) is 11.8 Å². The summed E-state index contributed by atoms with van der Waals surface area (Å²) in [5.41, 5.74) is 2.83. The first kappa shape index (κ1) is 22.6. The normalized spacial score (nSPS) is 15.8. The van der Waals surface area contributed by atoms with Crippen molar-refractivity contribution < 1.29 is 14.3 Å². The molecule has 0 saturated carbocycles. The zero-order valence-corrected chi connectivity index (χ0v) is 20.6. The van der Waals surface area contributed by atoms with E-state index in [0.29, 0.717) is 18.8 Å². The highest BCUT2D eigenvalue weighted by atomic mass is 32.2. The van der Waals surface area contributed by atoms with Crippen LogP contribution in [-0.2, 0) is 29.7 Å². The van der Waals surface area contributed by atoms with E-state index >= 15 is 0 Å². The minimum Gasteiger partial charge on any atom is -0.496 e. The van der Waals surface area contributed by atoms with Gasteiger partial charge in [-0.25, -0.2) is 0 Å². The van der Waals surface area contributed by atoms with Gasteiger partial charge in [-0.15, -0.1) is 11.3 Å². The lowest BCUT2D eigenvalue weighted by molar-refractivity contribution is -0.139. The largest absolute Gasteiger partial charge is 0.496 e. The summed E-state index contributed by atoms with van der Waals surface area (Å²) >= 11 is 3.09. The first-order valence-corrected chi connectivity index (χ1v) is 12.9. The van der Waals surface area contributed by atoms with Crippen LogP contribution >= 0.6 is 23.1 Å². The van der Waals surface area contributed by atoms with Gasteiger partial charge in [0.25, 0.3) is 0 Å². The van der Waals surface area contributed by atoms with E-state index in [9.17, 15) is 9.59 Å². The van der Waals surface area contributed by atoms with Crippen LogP contribution in [0.15, 0.2) is 71.1 Å². The number of fused-ring (bicyclic) bond motifs is 3. The number of nitrogens with zero attached hydrogens (tertiary/aromatic N) is 2. The number of thiophene rings is 1. The molecular weight excluding hydrogens is 466 g/mol. The van der Waals surface area contributed by atoms with Gasteiger partial charge in [0.05, 0.1) is 24.4 Å². The number of carbonyl (C=O) groups excluding carboxylic acids is 2. The van der Waals surface area contributed by atoms with Crippen molar-refractivity contribution in [1.82, 2.24) is 14.8 Å². The Bertz CT molecular complexity index is 1350. The first-order chi connectivity index (χ1) is 16.6. The number of aryl methyl sites for hydroxylation is 1. The van der Waals surface area contributed by atoms with Gasteiger partial charge in [-0.3, -0.25) is 9.59 Å². The third-order valence-corrected chi connectivity index (χ3v) is 8.15. The van der Waals surface area contributed by atoms with Crippen molar-refractivity contribution >= 4 is 45.8 Å². The van der Waals surface area contributed by atoms with Crippen LogP contribution in [0.25, 0.3) is 10.9 Å². The molecule has 34 heavy (non-hydrogen) atoms. The standard InChI is InChI=1S/C26H25N3O3S2/c1-28-20-11-5-4-10-19(20)23-24(25(31)27-14-17-8-3-6-12-21(17)32-2)29(15-18-9-7-13-33-18)22(30)16-34-26(23)28/h3-13,24H,14-16H2,1-2H3,(H,27,31). The molecule has 1 aliphatic heterocycles. The summed E-state index contributed by atoms with van der Waals surface area (Å²) in [6.07, 6.45) is 0. The Morgan fingerprint density at radius 3 is 2.71 bits per heavy atom. The Morgan fingerprint density at radius 1 is 1.12 bits per heavy atom. The number of hydrogen-bond acceptors (Lipinski definition) is 5. The van der Waals surface area contributed by atoms with Crippen LogP contribution in [0, 0.1) is 0 Å². The Labute approximate surface area is 206 Å². The first-order valence-electron chi connectivity index (χ1n) is 11.0. The number of aromatic nitrogens is 1. The Balaban J connectivity index is 1.58. The zero-order valence-electron chi connectivity index (χ0n) is 19.0. The average Bonchev–Trinajstić information content (AvgIpc) is 3.44. The van der Waals surface area contributed by atoms with E-state index in [0.717, 1.165) is 37.7 Å². The second kappa shape index (κ2) is 9.56. The highest BCUT2D eigenvalue weighted by molar-refractivity contribution is 8.00. The Hall–Kier alpha value is -3.23. The van der Waals surface area contributed by atoms with E-state index in [1.165, 1.54) is 11.8 Å². The smallest absolute Gasteiger partial charge is 0.247 e. The maximum absolute atomic E-state index is 13.9.